The molecule has 0 saturated heterocycles. The Hall–Kier alpha value is -5.06. The van der Waals surface area contributed by atoms with Gasteiger partial charge in [-0.3, -0.25) is 19.9 Å². The van der Waals surface area contributed by atoms with E-state index in [0.717, 1.165) is 24.0 Å². The zero-order valence-electron chi connectivity index (χ0n) is 20.4. The molecule has 0 unspecified atom stereocenters. The van der Waals surface area contributed by atoms with E-state index in [0.29, 0.717) is 34.7 Å². The van der Waals surface area contributed by atoms with E-state index in [1.165, 1.54) is 18.6 Å². The van der Waals surface area contributed by atoms with Gasteiger partial charge in [0, 0.05) is 54.1 Å². The molecule has 11 heteroatoms. The van der Waals surface area contributed by atoms with E-state index in [1.807, 2.05) is 25.1 Å². The van der Waals surface area contributed by atoms with Gasteiger partial charge in [-0.25, -0.2) is 19.3 Å². The second kappa shape index (κ2) is 9.77. The number of carbonyl (C=O) groups excluding carboxylic acids is 1. The lowest BCUT2D eigenvalue weighted by Gasteiger charge is -2.08. The van der Waals surface area contributed by atoms with Crippen molar-refractivity contribution in [2.45, 2.75) is 26.2 Å². The van der Waals surface area contributed by atoms with Crippen LogP contribution in [0.15, 0.2) is 61.4 Å². The number of anilines is 1. The summed E-state index contributed by atoms with van der Waals surface area (Å²) in [6, 6.07) is 7.31. The van der Waals surface area contributed by atoms with Crippen LogP contribution in [0.25, 0.3) is 56.0 Å². The molecular formula is C27H22FN9O. The number of rotatable bonds is 7. The van der Waals surface area contributed by atoms with Crippen LogP contribution in [0.2, 0.25) is 0 Å². The fraction of sp³-hybridized carbons (Fsp3) is 0.148. The molecule has 10 nitrogen and oxygen atoms in total. The SMILES string of the molecule is CCCCC(=O)Nc1cncc(-c2cnc3[nH]nc(-c4nc5c(-c6ccncc6)ccnc5[nH]4)c3c2F)c1. The van der Waals surface area contributed by atoms with Gasteiger partial charge in [0.25, 0.3) is 0 Å². The van der Waals surface area contributed by atoms with E-state index < -0.39 is 5.82 Å². The number of halogens is 1. The van der Waals surface area contributed by atoms with Crippen molar-refractivity contribution in [3.63, 3.8) is 0 Å². The van der Waals surface area contributed by atoms with Gasteiger partial charge in [-0.05, 0) is 36.2 Å². The Balaban J connectivity index is 1.41. The zero-order valence-corrected chi connectivity index (χ0v) is 20.4. The molecule has 188 valence electrons. The Morgan fingerprint density at radius 3 is 2.68 bits per heavy atom. The molecule has 6 heterocycles. The van der Waals surface area contributed by atoms with Gasteiger partial charge < -0.3 is 10.3 Å². The average Bonchev–Trinajstić information content (AvgIpc) is 3.57. The van der Waals surface area contributed by atoms with Crippen molar-refractivity contribution in [1.82, 2.24) is 40.1 Å². The van der Waals surface area contributed by atoms with Crippen molar-refractivity contribution in [3.05, 3.63) is 67.3 Å². The van der Waals surface area contributed by atoms with Gasteiger partial charge >= 0.3 is 0 Å². The molecule has 0 aromatic carbocycles. The van der Waals surface area contributed by atoms with Crippen molar-refractivity contribution < 1.29 is 9.18 Å². The maximum absolute atomic E-state index is 16.0. The number of carbonyl (C=O) groups is 1. The standard InChI is InChI=1S/C27H22FN9O/c1-2-3-4-20(38)33-17-11-16(12-30-13-17)19-14-32-25-21(22(19)28)24(36-37-25)27-34-23-18(7-10-31-26(23)35-27)15-5-8-29-9-6-15/h5-14H,2-4H2,1H3,(H,33,38)(H,31,34,35)(H,32,36,37). The second-order valence-corrected chi connectivity index (χ2v) is 8.77. The monoisotopic (exact) mass is 507 g/mol. The van der Waals surface area contributed by atoms with Crippen LogP contribution in [0.4, 0.5) is 10.1 Å². The Labute approximate surface area is 215 Å². The van der Waals surface area contributed by atoms with E-state index in [2.05, 4.69) is 40.4 Å². The highest BCUT2D eigenvalue weighted by molar-refractivity contribution is 5.97. The number of imidazole rings is 1. The third kappa shape index (κ3) is 4.23. The van der Waals surface area contributed by atoms with Crippen molar-refractivity contribution in [3.8, 4) is 33.8 Å². The highest BCUT2D eigenvalue weighted by atomic mass is 19.1. The smallest absolute Gasteiger partial charge is 0.224 e. The second-order valence-electron chi connectivity index (χ2n) is 8.77. The van der Waals surface area contributed by atoms with Crippen molar-refractivity contribution in [1.29, 1.82) is 0 Å². The lowest BCUT2D eigenvalue weighted by atomic mass is 10.1. The highest BCUT2D eigenvalue weighted by Crippen LogP contribution is 2.34. The normalized spacial score (nSPS) is 11.3. The van der Waals surface area contributed by atoms with E-state index in [4.69, 9.17) is 4.98 Å². The van der Waals surface area contributed by atoms with Crippen LogP contribution in [0.3, 0.4) is 0 Å². The molecule has 0 aliphatic rings. The minimum absolute atomic E-state index is 0.110. The van der Waals surface area contributed by atoms with Gasteiger partial charge in [0.15, 0.2) is 17.1 Å². The van der Waals surface area contributed by atoms with Gasteiger partial charge in [-0.15, -0.1) is 0 Å². The molecule has 38 heavy (non-hydrogen) atoms. The van der Waals surface area contributed by atoms with Gasteiger partial charge in [0.2, 0.25) is 5.91 Å². The predicted octanol–water partition coefficient (Wildman–Crippen LogP) is 5.29. The first-order valence-corrected chi connectivity index (χ1v) is 12.2. The number of aromatic nitrogens is 8. The van der Waals surface area contributed by atoms with Crippen LogP contribution in [0, 0.1) is 5.82 Å². The summed E-state index contributed by atoms with van der Waals surface area (Å²) in [6.45, 7) is 2.02. The summed E-state index contributed by atoms with van der Waals surface area (Å²) < 4.78 is 16.0. The Bertz CT molecular complexity index is 1780. The van der Waals surface area contributed by atoms with Crippen molar-refractivity contribution >= 4 is 33.8 Å². The maximum Gasteiger partial charge on any atom is 0.224 e. The average molecular weight is 508 g/mol. The van der Waals surface area contributed by atoms with E-state index in [9.17, 15) is 4.79 Å². The number of fused-ring (bicyclic) bond motifs is 2. The summed E-state index contributed by atoms with van der Waals surface area (Å²) in [5.41, 5.74) is 4.72. The van der Waals surface area contributed by atoms with Gasteiger partial charge in [0.05, 0.1) is 17.3 Å². The van der Waals surface area contributed by atoms with Crippen LogP contribution in [-0.2, 0) is 4.79 Å². The molecule has 0 fully saturated rings. The summed E-state index contributed by atoms with van der Waals surface area (Å²) in [7, 11) is 0. The van der Waals surface area contributed by atoms with Crippen molar-refractivity contribution in [2.24, 2.45) is 0 Å². The number of pyridine rings is 4. The fourth-order valence-corrected chi connectivity index (χ4v) is 4.33. The number of H-pyrrole nitrogens is 2. The number of nitrogens with zero attached hydrogens (tertiary/aromatic N) is 6. The quantitative estimate of drug-likeness (QED) is 0.267. The molecule has 0 radical (unpaired) electrons. The lowest BCUT2D eigenvalue weighted by Crippen LogP contribution is -2.11. The lowest BCUT2D eigenvalue weighted by molar-refractivity contribution is -0.116. The molecule has 6 aromatic heterocycles. The van der Waals surface area contributed by atoms with Crippen LogP contribution < -0.4 is 5.32 Å². The van der Waals surface area contributed by atoms with Gasteiger partial charge in [-0.1, -0.05) is 13.3 Å². The van der Waals surface area contributed by atoms with Crippen LogP contribution in [0.1, 0.15) is 26.2 Å². The summed E-state index contributed by atoms with van der Waals surface area (Å²) in [4.78, 5) is 37.1. The van der Waals surface area contributed by atoms with E-state index in [-0.39, 0.29) is 28.2 Å². The van der Waals surface area contributed by atoms with Crippen molar-refractivity contribution in [2.75, 3.05) is 5.32 Å². The Kier molecular flexibility index (Phi) is 6.00. The summed E-state index contributed by atoms with van der Waals surface area (Å²) in [6.07, 6.45) is 11.7. The molecule has 0 aliphatic heterocycles. The fourth-order valence-electron chi connectivity index (χ4n) is 4.33. The number of hydrogen-bond donors (Lipinski definition) is 3. The van der Waals surface area contributed by atoms with Gasteiger partial charge in [0.1, 0.15) is 17.0 Å². The first kappa shape index (κ1) is 23.3. The van der Waals surface area contributed by atoms with E-state index in [1.54, 1.807) is 24.7 Å². The highest BCUT2D eigenvalue weighted by Gasteiger charge is 2.21. The Morgan fingerprint density at radius 2 is 1.84 bits per heavy atom. The van der Waals surface area contributed by atoms with E-state index >= 15 is 4.39 Å². The summed E-state index contributed by atoms with van der Waals surface area (Å²) in [5.74, 6) is -0.285. The first-order valence-electron chi connectivity index (χ1n) is 12.2. The predicted molar refractivity (Wildman–Crippen MR) is 141 cm³/mol. The molecule has 6 aromatic rings. The third-order valence-electron chi connectivity index (χ3n) is 6.22. The Morgan fingerprint density at radius 1 is 0.974 bits per heavy atom. The molecule has 3 N–H and O–H groups in total. The molecule has 1 amide bonds. The minimum Gasteiger partial charge on any atom is -0.325 e. The third-order valence-corrected chi connectivity index (χ3v) is 6.22. The molecule has 0 bridgehead atoms. The number of unbranched alkanes of at least 4 members (excludes halogenated alkanes) is 1. The molecule has 6 rings (SSSR count). The molecule has 0 saturated carbocycles. The topological polar surface area (TPSA) is 138 Å². The molecule has 0 spiro atoms. The summed E-state index contributed by atoms with van der Waals surface area (Å²) in [5, 5.41) is 10.1. The largest absolute Gasteiger partial charge is 0.325 e. The molecule has 0 aliphatic carbocycles. The first-order chi connectivity index (χ1) is 18.6. The number of hydrogen-bond acceptors (Lipinski definition) is 7. The molecule has 0 atom stereocenters. The minimum atomic E-state index is -0.530. The molecular weight excluding hydrogens is 485 g/mol. The van der Waals surface area contributed by atoms with Crippen LogP contribution >= 0.6 is 0 Å². The maximum atomic E-state index is 16.0. The van der Waals surface area contributed by atoms with Crippen LogP contribution in [0.5, 0.6) is 0 Å². The van der Waals surface area contributed by atoms with Gasteiger partial charge in [-0.2, -0.15) is 5.10 Å². The van der Waals surface area contributed by atoms with Crippen LogP contribution in [-0.4, -0.2) is 46.0 Å². The number of aromatic amines is 2. The summed E-state index contributed by atoms with van der Waals surface area (Å²) >= 11 is 0. The number of nitrogens with one attached hydrogen (secondary N) is 3. The zero-order chi connectivity index (χ0) is 26.1. The number of amides is 1.